The number of aromatic nitrogens is 5. The smallest absolute Gasteiger partial charge is 0.451 e. The maximum atomic E-state index is 12.3. The molecule has 0 aromatic carbocycles. The first-order chi connectivity index (χ1) is 10.4. The molecule has 0 saturated heterocycles. The molecule has 0 unspecified atom stereocenters. The molecule has 11 heteroatoms. The number of carbonyl (C=O) groups excluding carboxylic acids is 1. The first-order valence-corrected chi connectivity index (χ1v) is 5.84. The highest BCUT2D eigenvalue weighted by molar-refractivity contribution is 6.02. The van der Waals surface area contributed by atoms with Crippen molar-refractivity contribution in [1.29, 1.82) is 0 Å². The summed E-state index contributed by atoms with van der Waals surface area (Å²) >= 11 is 0. The van der Waals surface area contributed by atoms with E-state index >= 15 is 0 Å². The van der Waals surface area contributed by atoms with Gasteiger partial charge in [-0.2, -0.15) is 23.3 Å². The molecule has 0 aliphatic rings. The van der Waals surface area contributed by atoms with E-state index < -0.39 is 23.9 Å². The maximum absolute atomic E-state index is 12.3. The number of aromatic amines is 2. The number of H-pyrrole nitrogens is 2. The minimum Gasteiger partial charge on any atom is -0.463 e. The standard InChI is InChI=1S/C11H7F3N6O2/c12-11(13,14)9-16-10(20-19-9)15-8(21)6-4-5(17-18-6)7-2-1-3-22-7/h1-4H,(H,17,18)(H2,15,16,19,20,21). The molecule has 8 nitrogen and oxygen atoms in total. The number of halogens is 3. The highest BCUT2D eigenvalue weighted by atomic mass is 19.4. The molecular formula is C11H7F3N6O2. The van der Waals surface area contributed by atoms with Crippen molar-refractivity contribution in [2.45, 2.75) is 6.18 Å². The van der Waals surface area contributed by atoms with Crippen LogP contribution in [0.15, 0.2) is 28.9 Å². The van der Waals surface area contributed by atoms with Gasteiger partial charge >= 0.3 is 6.18 Å². The van der Waals surface area contributed by atoms with Crippen molar-refractivity contribution in [2.24, 2.45) is 0 Å². The molecule has 0 spiro atoms. The van der Waals surface area contributed by atoms with E-state index in [0.29, 0.717) is 11.5 Å². The van der Waals surface area contributed by atoms with Gasteiger partial charge < -0.3 is 4.42 Å². The van der Waals surface area contributed by atoms with E-state index in [4.69, 9.17) is 4.42 Å². The summed E-state index contributed by atoms with van der Waals surface area (Å²) in [5, 5.41) is 13.4. The number of amides is 1. The summed E-state index contributed by atoms with van der Waals surface area (Å²) in [6.07, 6.45) is -3.23. The summed E-state index contributed by atoms with van der Waals surface area (Å²) in [4.78, 5) is 15.0. The molecule has 0 atom stereocenters. The molecule has 114 valence electrons. The Morgan fingerprint density at radius 2 is 2.09 bits per heavy atom. The van der Waals surface area contributed by atoms with E-state index in [1.54, 1.807) is 17.2 Å². The monoisotopic (exact) mass is 312 g/mol. The number of nitrogens with zero attached hydrogens (tertiary/aromatic N) is 3. The Morgan fingerprint density at radius 1 is 1.27 bits per heavy atom. The van der Waals surface area contributed by atoms with Crippen LogP contribution in [-0.4, -0.2) is 31.3 Å². The highest BCUT2D eigenvalue weighted by Gasteiger charge is 2.35. The third kappa shape index (κ3) is 2.68. The molecule has 0 fully saturated rings. The van der Waals surface area contributed by atoms with Gasteiger partial charge in [0.2, 0.25) is 11.8 Å². The summed E-state index contributed by atoms with van der Waals surface area (Å²) in [5.74, 6) is -2.11. The van der Waals surface area contributed by atoms with Gasteiger partial charge in [-0.3, -0.25) is 20.3 Å². The zero-order valence-corrected chi connectivity index (χ0v) is 10.6. The number of carbonyl (C=O) groups is 1. The summed E-state index contributed by atoms with van der Waals surface area (Å²) in [7, 11) is 0. The quantitative estimate of drug-likeness (QED) is 0.685. The third-order valence-electron chi connectivity index (χ3n) is 2.58. The van der Waals surface area contributed by atoms with E-state index in [9.17, 15) is 18.0 Å². The molecule has 3 heterocycles. The van der Waals surface area contributed by atoms with Crippen LogP contribution in [0.1, 0.15) is 16.3 Å². The number of alkyl halides is 3. The summed E-state index contributed by atoms with van der Waals surface area (Å²) < 4.78 is 42.2. The largest absolute Gasteiger partial charge is 0.463 e. The Bertz CT molecular complexity index is 789. The van der Waals surface area contributed by atoms with E-state index in [1.807, 2.05) is 0 Å². The van der Waals surface area contributed by atoms with Crippen LogP contribution >= 0.6 is 0 Å². The van der Waals surface area contributed by atoms with Gasteiger partial charge in [-0.25, -0.2) is 0 Å². The SMILES string of the molecule is O=C(Nc1n[nH]c(C(F)(F)F)n1)c1cc(-c2ccco2)[nH]n1. The number of nitrogens with one attached hydrogen (secondary N) is 3. The Morgan fingerprint density at radius 3 is 2.73 bits per heavy atom. The molecule has 0 radical (unpaired) electrons. The number of hydrogen-bond acceptors (Lipinski definition) is 5. The minimum atomic E-state index is -4.67. The second kappa shape index (κ2) is 5.02. The first-order valence-electron chi connectivity index (χ1n) is 5.84. The average Bonchev–Trinajstić information content (AvgIpc) is 3.18. The van der Waals surface area contributed by atoms with Crippen LogP contribution < -0.4 is 5.32 Å². The molecule has 3 N–H and O–H groups in total. The fraction of sp³-hybridized carbons (Fsp3) is 0.0909. The van der Waals surface area contributed by atoms with Crippen molar-refractivity contribution in [1.82, 2.24) is 25.4 Å². The van der Waals surface area contributed by atoms with Gasteiger partial charge in [0.15, 0.2) is 11.5 Å². The van der Waals surface area contributed by atoms with Crippen LogP contribution in [0.3, 0.4) is 0 Å². The van der Waals surface area contributed by atoms with Crippen molar-refractivity contribution in [3.63, 3.8) is 0 Å². The molecular weight excluding hydrogens is 305 g/mol. The molecule has 0 saturated carbocycles. The molecule has 0 aliphatic carbocycles. The number of rotatable bonds is 3. The summed E-state index contributed by atoms with van der Waals surface area (Å²) in [5.41, 5.74) is 0.394. The van der Waals surface area contributed by atoms with Gasteiger partial charge in [-0.05, 0) is 12.1 Å². The lowest BCUT2D eigenvalue weighted by Crippen LogP contribution is -2.14. The van der Waals surface area contributed by atoms with Gasteiger partial charge in [0.1, 0.15) is 5.69 Å². The van der Waals surface area contributed by atoms with E-state index in [-0.39, 0.29) is 5.69 Å². The van der Waals surface area contributed by atoms with E-state index in [1.165, 1.54) is 12.3 Å². The molecule has 3 aromatic rings. The number of anilines is 1. The van der Waals surface area contributed by atoms with Crippen molar-refractivity contribution in [3.05, 3.63) is 36.0 Å². The third-order valence-corrected chi connectivity index (χ3v) is 2.58. The van der Waals surface area contributed by atoms with Crippen LogP contribution in [0.2, 0.25) is 0 Å². The minimum absolute atomic E-state index is 0.0511. The van der Waals surface area contributed by atoms with Crippen LogP contribution in [-0.2, 0) is 6.18 Å². The fourth-order valence-corrected chi connectivity index (χ4v) is 1.61. The Kier molecular flexibility index (Phi) is 3.16. The second-order valence-corrected chi connectivity index (χ2v) is 4.10. The van der Waals surface area contributed by atoms with Crippen LogP contribution in [0, 0.1) is 0 Å². The van der Waals surface area contributed by atoms with Gasteiger partial charge in [-0.1, -0.05) is 0 Å². The van der Waals surface area contributed by atoms with E-state index in [2.05, 4.69) is 25.6 Å². The Balaban J connectivity index is 1.74. The topological polar surface area (TPSA) is 112 Å². The highest BCUT2D eigenvalue weighted by Crippen LogP contribution is 2.26. The first kappa shape index (κ1) is 13.9. The Labute approximate surface area is 119 Å². The van der Waals surface area contributed by atoms with Crippen LogP contribution in [0.25, 0.3) is 11.5 Å². The number of hydrogen-bond donors (Lipinski definition) is 3. The van der Waals surface area contributed by atoms with E-state index in [0.717, 1.165) is 0 Å². The number of furan rings is 1. The molecule has 22 heavy (non-hydrogen) atoms. The predicted molar refractivity (Wildman–Crippen MR) is 65.6 cm³/mol. The second-order valence-electron chi connectivity index (χ2n) is 4.10. The molecule has 0 bridgehead atoms. The molecule has 1 amide bonds. The van der Waals surface area contributed by atoms with Gasteiger partial charge in [0, 0.05) is 6.07 Å². The lowest BCUT2D eigenvalue weighted by Gasteiger charge is -1.98. The maximum Gasteiger partial charge on any atom is 0.451 e. The lowest BCUT2D eigenvalue weighted by molar-refractivity contribution is -0.144. The summed E-state index contributed by atoms with van der Waals surface area (Å²) in [6.45, 7) is 0. The van der Waals surface area contributed by atoms with Gasteiger partial charge in [0.25, 0.3) is 5.91 Å². The van der Waals surface area contributed by atoms with Gasteiger partial charge in [-0.15, -0.1) is 5.10 Å². The predicted octanol–water partition coefficient (Wildman–Crippen LogP) is 2.06. The Hall–Kier alpha value is -3.11. The molecule has 0 aliphatic heterocycles. The van der Waals surface area contributed by atoms with Crippen molar-refractivity contribution < 1.29 is 22.4 Å². The average molecular weight is 312 g/mol. The summed E-state index contributed by atoms with van der Waals surface area (Å²) in [6, 6.07) is 4.69. The van der Waals surface area contributed by atoms with Crippen molar-refractivity contribution >= 4 is 11.9 Å². The lowest BCUT2D eigenvalue weighted by atomic mass is 10.3. The fourth-order valence-electron chi connectivity index (χ4n) is 1.61. The molecule has 3 aromatic heterocycles. The van der Waals surface area contributed by atoms with Gasteiger partial charge in [0.05, 0.1) is 6.26 Å². The molecule has 3 rings (SSSR count). The van der Waals surface area contributed by atoms with Crippen molar-refractivity contribution in [3.8, 4) is 11.5 Å². The zero-order valence-electron chi connectivity index (χ0n) is 10.6. The normalized spacial score (nSPS) is 11.6. The van der Waals surface area contributed by atoms with Crippen LogP contribution in [0.5, 0.6) is 0 Å². The van der Waals surface area contributed by atoms with Crippen molar-refractivity contribution in [2.75, 3.05) is 5.32 Å². The zero-order chi connectivity index (χ0) is 15.7. The van der Waals surface area contributed by atoms with Crippen LogP contribution in [0.4, 0.5) is 19.1 Å².